The second kappa shape index (κ2) is 4.13. The molecule has 3 nitrogen and oxygen atoms in total. The summed E-state index contributed by atoms with van der Waals surface area (Å²) in [6.45, 7) is 1.89. The van der Waals surface area contributed by atoms with Crippen LogP contribution in [0.2, 0.25) is 0 Å². The smallest absolute Gasteiger partial charge is 0.279 e. The Hall–Kier alpha value is -1.56. The topological polar surface area (TPSA) is 33.6 Å². The summed E-state index contributed by atoms with van der Waals surface area (Å²) in [6.07, 6.45) is -0.956. The van der Waals surface area contributed by atoms with Gasteiger partial charge < -0.3 is 0 Å². The minimum absolute atomic E-state index is 0.201. The summed E-state index contributed by atoms with van der Waals surface area (Å²) in [7, 11) is 0. The molecule has 0 radical (unpaired) electrons. The number of rotatable bonds is 2. The highest BCUT2D eigenvalue weighted by Crippen LogP contribution is 2.18. The Kier molecular flexibility index (Phi) is 2.82. The molecule has 1 N–H and O–H groups in total. The third-order valence-corrected chi connectivity index (χ3v) is 2.41. The molecule has 0 saturated heterocycles. The number of aromatic nitrogens is 3. The predicted octanol–water partition coefficient (Wildman–Crippen LogP) is 3.18. The summed E-state index contributed by atoms with van der Waals surface area (Å²) in [5.41, 5.74) is 0.786. The van der Waals surface area contributed by atoms with Gasteiger partial charge in [-0.05, 0) is 24.6 Å². The van der Waals surface area contributed by atoms with Crippen molar-refractivity contribution in [2.75, 3.05) is 0 Å². The molecular formula is C10H9F2N3S. The predicted molar refractivity (Wildman–Crippen MR) is 58.4 cm³/mol. The molecular weight excluding hydrogens is 232 g/mol. The number of nitrogens with zero attached hydrogens (tertiary/aromatic N) is 2. The molecule has 16 heavy (non-hydrogen) atoms. The Labute approximate surface area is 95.7 Å². The number of aromatic amines is 1. The van der Waals surface area contributed by atoms with Gasteiger partial charge >= 0.3 is 0 Å². The van der Waals surface area contributed by atoms with E-state index >= 15 is 0 Å². The molecule has 0 aliphatic carbocycles. The molecule has 0 aliphatic heterocycles. The molecule has 2 rings (SSSR count). The maximum atomic E-state index is 12.4. The highest BCUT2D eigenvalue weighted by Gasteiger charge is 2.11. The fourth-order valence-electron chi connectivity index (χ4n) is 1.34. The fraction of sp³-hybridized carbons (Fsp3) is 0.200. The molecule has 0 amide bonds. The van der Waals surface area contributed by atoms with E-state index in [0.29, 0.717) is 5.82 Å². The number of pyridine rings is 1. The Morgan fingerprint density at radius 3 is 2.75 bits per heavy atom. The van der Waals surface area contributed by atoms with Gasteiger partial charge in [0.1, 0.15) is 10.3 Å². The summed E-state index contributed by atoms with van der Waals surface area (Å²) >= 11 is 4.98. The van der Waals surface area contributed by atoms with Gasteiger partial charge in [-0.1, -0.05) is 12.2 Å². The summed E-state index contributed by atoms with van der Waals surface area (Å²) in [5.74, 6) is 0.511. The number of hydrogen-bond acceptors (Lipinski definition) is 2. The van der Waals surface area contributed by atoms with Gasteiger partial charge in [0.05, 0.1) is 0 Å². The molecule has 0 atom stereocenters. The first kappa shape index (κ1) is 10.9. The van der Waals surface area contributed by atoms with E-state index in [1.807, 2.05) is 13.0 Å². The lowest BCUT2D eigenvalue weighted by atomic mass is 10.3. The second-order valence-electron chi connectivity index (χ2n) is 3.38. The number of nitrogens with one attached hydrogen (secondary N) is 1. The van der Waals surface area contributed by atoms with Gasteiger partial charge in [-0.15, -0.1) is 0 Å². The summed E-state index contributed by atoms with van der Waals surface area (Å²) in [6, 6.07) is 4.83. The molecule has 0 aliphatic rings. The van der Waals surface area contributed by atoms with Crippen molar-refractivity contribution >= 4 is 12.2 Å². The summed E-state index contributed by atoms with van der Waals surface area (Å²) in [5, 5.41) is 2.52. The first-order valence-electron chi connectivity index (χ1n) is 4.61. The second-order valence-corrected chi connectivity index (χ2v) is 3.80. The average molecular weight is 241 g/mol. The zero-order chi connectivity index (χ0) is 11.7. The molecule has 0 unspecified atom stereocenters. The van der Waals surface area contributed by atoms with E-state index in [-0.39, 0.29) is 10.3 Å². The molecule has 2 heterocycles. The number of H-pyrrole nitrogens is 1. The van der Waals surface area contributed by atoms with E-state index < -0.39 is 6.43 Å². The number of aryl methyl sites for hydroxylation is 1. The van der Waals surface area contributed by atoms with Gasteiger partial charge in [-0.2, -0.15) is 0 Å². The van der Waals surface area contributed by atoms with E-state index in [2.05, 4.69) is 10.1 Å². The Morgan fingerprint density at radius 1 is 1.44 bits per heavy atom. The van der Waals surface area contributed by atoms with Crippen molar-refractivity contribution in [2.24, 2.45) is 0 Å². The van der Waals surface area contributed by atoms with Crippen molar-refractivity contribution in [1.29, 1.82) is 0 Å². The minimum atomic E-state index is -2.56. The van der Waals surface area contributed by atoms with Crippen LogP contribution in [0.15, 0.2) is 24.4 Å². The molecule has 0 aromatic carbocycles. The van der Waals surface area contributed by atoms with Crippen LogP contribution in [0.3, 0.4) is 0 Å². The Bertz CT molecular complexity index is 559. The maximum Gasteiger partial charge on any atom is 0.279 e. The van der Waals surface area contributed by atoms with E-state index in [0.717, 1.165) is 5.56 Å². The van der Waals surface area contributed by atoms with E-state index in [4.69, 9.17) is 12.2 Å². The molecule has 84 valence electrons. The van der Waals surface area contributed by atoms with Crippen LogP contribution < -0.4 is 0 Å². The molecule has 2 aromatic rings. The zero-order valence-electron chi connectivity index (χ0n) is 8.45. The van der Waals surface area contributed by atoms with E-state index in [1.165, 1.54) is 10.7 Å². The van der Waals surface area contributed by atoms with Crippen molar-refractivity contribution in [1.82, 2.24) is 14.8 Å². The van der Waals surface area contributed by atoms with Gasteiger partial charge in [-0.3, -0.25) is 5.10 Å². The standard InChI is InChI=1S/C10H9F2N3S/c1-6-2-3-13-8(4-6)15-9(16)5-7(14-15)10(11)12/h2-5,10,14H,1H3. The minimum Gasteiger partial charge on any atom is -0.290 e. The van der Waals surface area contributed by atoms with Crippen molar-refractivity contribution in [3.05, 3.63) is 40.3 Å². The monoisotopic (exact) mass is 241 g/mol. The molecule has 0 bridgehead atoms. The van der Waals surface area contributed by atoms with Crippen molar-refractivity contribution in [2.45, 2.75) is 13.3 Å². The van der Waals surface area contributed by atoms with Crippen LogP contribution in [0.25, 0.3) is 5.82 Å². The van der Waals surface area contributed by atoms with Gasteiger partial charge in [0.2, 0.25) is 0 Å². The van der Waals surface area contributed by atoms with Crippen LogP contribution in [0, 0.1) is 11.6 Å². The normalized spacial score (nSPS) is 11.0. The third-order valence-electron chi connectivity index (χ3n) is 2.11. The highest BCUT2D eigenvalue weighted by molar-refractivity contribution is 7.71. The van der Waals surface area contributed by atoms with Gasteiger partial charge in [0.15, 0.2) is 5.82 Å². The lowest BCUT2D eigenvalue weighted by molar-refractivity contribution is 0.145. The van der Waals surface area contributed by atoms with Gasteiger partial charge in [0, 0.05) is 12.3 Å². The molecule has 0 spiro atoms. The number of alkyl halides is 2. The lowest BCUT2D eigenvalue weighted by Gasteiger charge is -2.02. The first-order chi connectivity index (χ1) is 7.58. The number of halogens is 2. The summed E-state index contributed by atoms with van der Waals surface area (Å²) in [4.78, 5) is 4.06. The van der Waals surface area contributed by atoms with Crippen molar-refractivity contribution in [3.63, 3.8) is 0 Å². The Balaban J connectivity index is 2.52. The van der Waals surface area contributed by atoms with Crippen LogP contribution in [0.1, 0.15) is 17.7 Å². The van der Waals surface area contributed by atoms with Crippen LogP contribution in [-0.4, -0.2) is 14.8 Å². The molecule has 0 fully saturated rings. The first-order valence-corrected chi connectivity index (χ1v) is 5.02. The fourth-order valence-corrected chi connectivity index (χ4v) is 1.60. The average Bonchev–Trinajstić information content (AvgIpc) is 2.60. The summed E-state index contributed by atoms with van der Waals surface area (Å²) < 4.78 is 26.5. The molecule has 0 saturated carbocycles. The van der Waals surface area contributed by atoms with Crippen molar-refractivity contribution in [3.8, 4) is 5.82 Å². The molecule has 6 heteroatoms. The Morgan fingerprint density at radius 2 is 2.19 bits per heavy atom. The molecule has 2 aromatic heterocycles. The van der Waals surface area contributed by atoms with Crippen LogP contribution >= 0.6 is 12.2 Å². The van der Waals surface area contributed by atoms with E-state index in [9.17, 15) is 8.78 Å². The highest BCUT2D eigenvalue weighted by atomic mass is 32.1. The zero-order valence-corrected chi connectivity index (χ0v) is 9.26. The van der Waals surface area contributed by atoms with Gasteiger partial charge in [-0.25, -0.2) is 18.4 Å². The maximum absolute atomic E-state index is 12.4. The number of hydrogen-bond donors (Lipinski definition) is 1. The SMILES string of the molecule is Cc1ccnc(-n2[nH]c(C(F)F)cc2=S)c1. The third kappa shape index (κ3) is 2.01. The lowest BCUT2D eigenvalue weighted by Crippen LogP contribution is -2.00. The quantitative estimate of drug-likeness (QED) is 0.819. The van der Waals surface area contributed by atoms with Crippen LogP contribution in [0.4, 0.5) is 8.78 Å². The van der Waals surface area contributed by atoms with Gasteiger partial charge in [0.25, 0.3) is 6.43 Å². The van der Waals surface area contributed by atoms with E-state index in [1.54, 1.807) is 12.3 Å². The van der Waals surface area contributed by atoms with Crippen molar-refractivity contribution < 1.29 is 8.78 Å². The van der Waals surface area contributed by atoms with Crippen LogP contribution in [-0.2, 0) is 0 Å². The van der Waals surface area contributed by atoms with Crippen LogP contribution in [0.5, 0.6) is 0 Å². The largest absolute Gasteiger partial charge is 0.290 e.